The van der Waals surface area contributed by atoms with Crippen molar-refractivity contribution in [1.29, 1.82) is 0 Å². The Hall–Kier alpha value is -3.16. The van der Waals surface area contributed by atoms with Crippen molar-refractivity contribution in [1.82, 2.24) is 0 Å². The van der Waals surface area contributed by atoms with Crippen molar-refractivity contribution in [2.24, 2.45) is 0 Å². The van der Waals surface area contributed by atoms with Crippen molar-refractivity contribution in [2.75, 3.05) is 12.0 Å². The van der Waals surface area contributed by atoms with Gasteiger partial charge in [0.1, 0.15) is 17.4 Å². The topological polar surface area (TPSA) is 46.6 Å². The highest BCUT2D eigenvalue weighted by Crippen LogP contribution is 2.44. The molecule has 0 bridgehead atoms. The molecule has 0 unspecified atom stereocenters. The van der Waals surface area contributed by atoms with Gasteiger partial charge in [0, 0.05) is 21.5 Å². The molecule has 0 N–H and O–H groups in total. The molecule has 156 valence electrons. The molecule has 3 aromatic rings. The van der Waals surface area contributed by atoms with Crippen molar-refractivity contribution in [3.05, 3.63) is 93.9 Å². The van der Waals surface area contributed by atoms with E-state index in [2.05, 4.69) is 0 Å². The fourth-order valence-electron chi connectivity index (χ4n) is 3.19. The number of amides is 2. The van der Waals surface area contributed by atoms with E-state index in [1.54, 1.807) is 48.5 Å². The normalized spacial score (nSPS) is 13.9. The molecule has 4 rings (SSSR count). The molecule has 0 saturated carbocycles. The van der Waals surface area contributed by atoms with Crippen molar-refractivity contribution < 1.29 is 23.1 Å². The first-order valence-corrected chi connectivity index (χ1v) is 10.2. The Morgan fingerprint density at radius 1 is 0.935 bits per heavy atom. The molecule has 0 atom stereocenters. The minimum Gasteiger partial charge on any atom is -0.496 e. The molecule has 2 amide bonds. The monoisotopic (exact) mass is 457 g/mol. The molecule has 31 heavy (non-hydrogen) atoms. The maximum Gasteiger partial charge on any atom is 0.273 e. The van der Waals surface area contributed by atoms with Crippen LogP contribution in [-0.2, 0) is 9.59 Å². The minimum atomic E-state index is -0.889. The zero-order valence-electron chi connectivity index (χ0n) is 16.1. The molecule has 0 spiro atoms. The number of anilines is 1. The van der Waals surface area contributed by atoms with E-state index < -0.39 is 29.1 Å². The molecule has 0 radical (unpaired) electrons. The molecule has 1 heterocycles. The van der Waals surface area contributed by atoms with Crippen LogP contribution in [0.2, 0.25) is 5.02 Å². The van der Waals surface area contributed by atoms with E-state index in [0.717, 1.165) is 30.0 Å². The van der Waals surface area contributed by atoms with E-state index in [9.17, 15) is 18.4 Å². The zero-order valence-corrected chi connectivity index (χ0v) is 17.6. The number of thioether (sulfide) groups is 1. The van der Waals surface area contributed by atoms with E-state index in [0.29, 0.717) is 26.1 Å². The lowest BCUT2D eigenvalue weighted by molar-refractivity contribution is -0.119. The van der Waals surface area contributed by atoms with Gasteiger partial charge in [-0.15, -0.1) is 0 Å². The Morgan fingerprint density at radius 2 is 1.65 bits per heavy atom. The first kappa shape index (κ1) is 21.1. The summed E-state index contributed by atoms with van der Waals surface area (Å²) in [6.45, 7) is 0. The second-order valence-electron chi connectivity index (χ2n) is 6.50. The first-order chi connectivity index (χ1) is 14.9. The smallest absolute Gasteiger partial charge is 0.273 e. The Kier molecular flexibility index (Phi) is 5.80. The van der Waals surface area contributed by atoms with Crippen LogP contribution in [0.1, 0.15) is 5.56 Å². The number of carbonyl (C=O) groups excluding carboxylic acids is 2. The lowest BCUT2D eigenvalue weighted by atomic mass is 10.0. The predicted octanol–water partition coefficient (Wildman–Crippen LogP) is 5.70. The van der Waals surface area contributed by atoms with Gasteiger partial charge in [-0.05, 0) is 42.5 Å². The number of halogens is 3. The van der Waals surface area contributed by atoms with Gasteiger partial charge in [0.25, 0.3) is 11.8 Å². The van der Waals surface area contributed by atoms with Gasteiger partial charge in [-0.25, -0.2) is 13.7 Å². The number of carbonyl (C=O) groups is 2. The van der Waals surface area contributed by atoms with Gasteiger partial charge in [-0.1, -0.05) is 41.6 Å². The third-order valence-corrected chi connectivity index (χ3v) is 5.94. The Labute approximate surface area is 186 Å². The van der Waals surface area contributed by atoms with Crippen molar-refractivity contribution >= 4 is 46.4 Å². The highest BCUT2D eigenvalue weighted by molar-refractivity contribution is 8.04. The summed E-state index contributed by atoms with van der Waals surface area (Å²) in [5.74, 6) is -2.81. The molecular weight excluding hydrogens is 444 g/mol. The van der Waals surface area contributed by atoms with Gasteiger partial charge in [0.05, 0.1) is 23.3 Å². The van der Waals surface area contributed by atoms with Crippen molar-refractivity contribution in [3.8, 4) is 5.75 Å². The number of methoxy groups -OCH3 is 1. The van der Waals surface area contributed by atoms with Crippen LogP contribution in [0.25, 0.3) is 5.57 Å². The highest BCUT2D eigenvalue weighted by atomic mass is 35.5. The molecule has 8 heteroatoms. The van der Waals surface area contributed by atoms with Gasteiger partial charge >= 0.3 is 0 Å². The largest absolute Gasteiger partial charge is 0.496 e. The van der Waals surface area contributed by atoms with Crippen LogP contribution in [0.3, 0.4) is 0 Å². The maximum absolute atomic E-state index is 14.5. The van der Waals surface area contributed by atoms with Gasteiger partial charge < -0.3 is 4.74 Å². The van der Waals surface area contributed by atoms with Gasteiger partial charge in [0.2, 0.25) is 0 Å². The summed E-state index contributed by atoms with van der Waals surface area (Å²) in [6.07, 6.45) is 0. The number of nitrogens with zero attached hydrogens (tertiary/aromatic N) is 1. The molecule has 1 aliphatic rings. The Balaban J connectivity index is 1.88. The van der Waals surface area contributed by atoms with Gasteiger partial charge in [-0.2, -0.15) is 0 Å². The van der Waals surface area contributed by atoms with Crippen LogP contribution in [0, 0.1) is 11.6 Å². The number of benzene rings is 3. The lowest BCUT2D eigenvalue weighted by Crippen LogP contribution is -2.32. The molecule has 0 aromatic heterocycles. The van der Waals surface area contributed by atoms with E-state index in [1.165, 1.54) is 7.11 Å². The fourth-order valence-corrected chi connectivity index (χ4v) is 4.30. The first-order valence-electron chi connectivity index (χ1n) is 9.05. The van der Waals surface area contributed by atoms with E-state index in [-0.39, 0.29) is 10.5 Å². The Bertz CT molecular complexity index is 1230. The number of hydrogen-bond donors (Lipinski definition) is 0. The Morgan fingerprint density at radius 3 is 2.35 bits per heavy atom. The summed E-state index contributed by atoms with van der Waals surface area (Å²) < 4.78 is 33.6. The predicted molar refractivity (Wildman–Crippen MR) is 116 cm³/mol. The second kappa shape index (κ2) is 8.53. The van der Waals surface area contributed by atoms with Crippen LogP contribution >= 0.6 is 23.4 Å². The zero-order chi connectivity index (χ0) is 22.1. The summed E-state index contributed by atoms with van der Waals surface area (Å²) >= 11 is 6.98. The van der Waals surface area contributed by atoms with E-state index in [4.69, 9.17) is 16.3 Å². The summed E-state index contributed by atoms with van der Waals surface area (Å²) in [5.41, 5.74) is -0.0284. The second-order valence-corrected chi connectivity index (χ2v) is 8.02. The molecule has 0 aliphatic carbocycles. The maximum atomic E-state index is 14.5. The fraction of sp³-hybridized carbons (Fsp3) is 0.0435. The van der Waals surface area contributed by atoms with Crippen LogP contribution < -0.4 is 9.64 Å². The number of imide groups is 1. The third-order valence-electron chi connectivity index (χ3n) is 4.60. The van der Waals surface area contributed by atoms with Gasteiger partial charge in [0.15, 0.2) is 0 Å². The van der Waals surface area contributed by atoms with Crippen LogP contribution in [-0.4, -0.2) is 18.9 Å². The number of para-hydroxylation sites is 1. The molecule has 3 aromatic carbocycles. The summed E-state index contributed by atoms with van der Waals surface area (Å²) in [5, 5.41) is 0.514. The summed E-state index contributed by atoms with van der Waals surface area (Å²) in [6, 6.07) is 16.0. The van der Waals surface area contributed by atoms with E-state index >= 15 is 0 Å². The van der Waals surface area contributed by atoms with Crippen molar-refractivity contribution in [2.45, 2.75) is 4.90 Å². The number of rotatable bonds is 5. The third kappa shape index (κ3) is 3.94. The minimum absolute atomic E-state index is 0.0473. The van der Waals surface area contributed by atoms with Crippen LogP contribution in [0.15, 0.2) is 76.5 Å². The average Bonchev–Trinajstić information content (AvgIpc) is 3.00. The summed E-state index contributed by atoms with van der Waals surface area (Å²) in [4.78, 5) is 28.0. The standard InChI is InChI=1S/C23H14ClF2NO3S/c1-30-19-5-3-2-4-16(19)20-21(31-15-9-6-13(24)7-10-15)23(29)27(22(20)28)18-12-14(25)8-11-17(18)26/h2-12H,1H3. The molecule has 1 aliphatic heterocycles. The quantitative estimate of drug-likeness (QED) is 0.461. The molecule has 0 saturated heterocycles. The highest BCUT2D eigenvalue weighted by Gasteiger charge is 2.42. The summed E-state index contributed by atoms with van der Waals surface area (Å²) in [7, 11) is 1.44. The molecule has 0 fully saturated rings. The van der Waals surface area contributed by atoms with E-state index in [1.807, 2.05) is 0 Å². The van der Waals surface area contributed by atoms with Crippen LogP contribution in [0.5, 0.6) is 5.75 Å². The number of ether oxygens (including phenoxy) is 1. The SMILES string of the molecule is COc1ccccc1C1=C(Sc2ccc(Cl)cc2)C(=O)N(c2cc(F)ccc2F)C1=O. The molecular formula is C23H14ClF2NO3S. The van der Waals surface area contributed by atoms with Crippen LogP contribution in [0.4, 0.5) is 14.5 Å². The lowest BCUT2D eigenvalue weighted by Gasteiger charge is -2.16. The van der Waals surface area contributed by atoms with Crippen molar-refractivity contribution in [3.63, 3.8) is 0 Å². The molecule has 4 nitrogen and oxygen atoms in total. The average molecular weight is 458 g/mol. The number of hydrogen-bond acceptors (Lipinski definition) is 4. The van der Waals surface area contributed by atoms with Gasteiger partial charge in [-0.3, -0.25) is 9.59 Å².